The lowest BCUT2D eigenvalue weighted by molar-refractivity contribution is 0.451. The SMILES string of the molecule is CCC(N1c2ccccc2Oc2c(Cl)cccc21)S(=O)(=O)O. The third-order valence-electron chi connectivity index (χ3n) is 3.52. The zero-order valence-corrected chi connectivity index (χ0v) is 13.3. The van der Waals surface area contributed by atoms with Gasteiger partial charge in [0.2, 0.25) is 0 Å². The molecule has 2 aromatic rings. The number of rotatable bonds is 3. The zero-order valence-electron chi connectivity index (χ0n) is 11.7. The highest BCUT2D eigenvalue weighted by Crippen LogP contribution is 2.50. The Morgan fingerprint density at radius 1 is 1.18 bits per heavy atom. The van der Waals surface area contributed by atoms with Gasteiger partial charge in [-0.3, -0.25) is 4.55 Å². The minimum absolute atomic E-state index is 0.207. The summed E-state index contributed by atoms with van der Waals surface area (Å²) in [5, 5.41) is -0.739. The van der Waals surface area contributed by atoms with E-state index in [2.05, 4.69) is 0 Å². The molecule has 0 aromatic heterocycles. The van der Waals surface area contributed by atoms with Crippen molar-refractivity contribution in [1.29, 1.82) is 0 Å². The van der Waals surface area contributed by atoms with Crippen LogP contribution < -0.4 is 9.64 Å². The minimum Gasteiger partial charge on any atom is -0.451 e. The molecule has 3 rings (SSSR count). The van der Waals surface area contributed by atoms with Gasteiger partial charge in [0.25, 0.3) is 10.1 Å². The topological polar surface area (TPSA) is 66.8 Å². The van der Waals surface area contributed by atoms with Crippen LogP contribution in [0.5, 0.6) is 11.5 Å². The molecule has 0 bridgehead atoms. The Morgan fingerprint density at radius 3 is 2.55 bits per heavy atom. The number of anilines is 2. The molecule has 116 valence electrons. The Kier molecular flexibility index (Phi) is 3.76. The summed E-state index contributed by atoms with van der Waals surface area (Å²) in [4.78, 5) is 1.55. The molecule has 5 nitrogen and oxygen atoms in total. The Bertz CT molecular complexity index is 822. The molecule has 1 heterocycles. The number of para-hydroxylation sites is 3. The number of ether oxygens (including phenoxy) is 1. The van der Waals surface area contributed by atoms with Crippen molar-refractivity contribution in [3.8, 4) is 11.5 Å². The van der Waals surface area contributed by atoms with Gasteiger partial charge in [-0.2, -0.15) is 8.42 Å². The molecule has 1 unspecified atom stereocenters. The summed E-state index contributed by atoms with van der Waals surface area (Å²) in [6.45, 7) is 1.70. The van der Waals surface area contributed by atoms with Crippen molar-refractivity contribution in [1.82, 2.24) is 0 Å². The predicted octanol–water partition coefficient (Wildman–Crippen LogP) is 4.21. The van der Waals surface area contributed by atoms with Crippen molar-refractivity contribution >= 4 is 33.1 Å². The van der Waals surface area contributed by atoms with E-state index in [4.69, 9.17) is 16.3 Å². The number of halogens is 1. The van der Waals surface area contributed by atoms with Crippen LogP contribution in [0.3, 0.4) is 0 Å². The van der Waals surface area contributed by atoms with Crippen LogP contribution in [0.2, 0.25) is 5.02 Å². The standard InChI is InChI=1S/C15H14ClNO4S/c1-2-14(22(18,19)20)17-11-7-3-4-9-13(11)21-15-10(16)6-5-8-12(15)17/h3-9,14H,2H2,1H3,(H,18,19,20). The first-order valence-corrected chi connectivity index (χ1v) is 8.62. The maximum Gasteiger partial charge on any atom is 0.286 e. The largest absolute Gasteiger partial charge is 0.451 e. The third kappa shape index (κ3) is 2.43. The van der Waals surface area contributed by atoms with E-state index in [1.54, 1.807) is 54.3 Å². The highest BCUT2D eigenvalue weighted by atomic mass is 35.5. The van der Waals surface area contributed by atoms with E-state index in [0.29, 0.717) is 27.9 Å². The van der Waals surface area contributed by atoms with Crippen LogP contribution in [0.25, 0.3) is 0 Å². The fourth-order valence-corrected chi connectivity index (χ4v) is 3.73. The average Bonchev–Trinajstić information content (AvgIpc) is 2.47. The molecule has 0 amide bonds. The van der Waals surface area contributed by atoms with E-state index in [1.165, 1.54) is 0 Å². The molecule has 0 radical (unpaired) electrons. The van der Waals surface area contributed by atoms with E-state index in [9.17, 15) is 13.0 Å². The third-order valence-corrected chi connectivity index (χ3v) is 5.05. The number of fused-ring (bicyclic) bond motifs is 2. The fourth-order valence-electron chi connectivity index (χ4n) is 2.61. The lowest BCUT2D eigenvalue weighted by Crippen LogP contribution is -2.38. The summed E-state index contributed by atoms with van der Waals surface area (Å²) < 4.78 is 39.0. The van der Waals surface area contributed by atoms with Crippen molar-refractivity contribution in [3.05, 3.63) is 47.5 Å². The molecule has 1 atom stereocenters. The number of hydrogen-bond acceptors (Lipinski definition) is 4. The number of nitrogens with zero attached hydrogens (tertiary/aromatic N) is 1. The van der Waals surface area contributed by atoms with Gasteiger partial charge < -0.3 is 9.64 Å². The van der Waals surface area contributed by atoms with Crippen molar-refractivity contribution in [2.24, 2.45) is 0 Å². The van der Waals surface area contributed by atoms with Crippen LogP contribution in [-0.4, -0.2) is 18.3 Å². The maximum atomic E-state index is 11.8. The quantitative estimate of drug-likeness (QED) is 0.848. The van der Waals surface area contributed by atoms with Crippen LogP contribution >= 0.6 is 11.6 Å². The van der Waals surface area contributed by atoms with Gasteiger partial charge in [0.15, 0.2) is 16.9 Å². The first kappa shape index (κ1) is 15.1. The average molecular weight is 340 g/mol. The van der Waals surface area contributed by atoms with E-state index >= 15 is 0 Å². The molecule has 2 aromatic carbocycles. The van der Waals surface area contributed by atoms with Gasteiger partial charge in [-0.1, -0.05) is 36.7 Å². The molecule has 0 saturated heterocycles. The molecule has 0 saturated carbocycles. The summed E-state index contributed by atoms with van der Waals surface area (Å²) in [6, 6.07) is 12.1. The van der Waals surface area contributed by atoms with Crippen LogP contribution in [0.1, 0.15) is 13.3 Å². The smallest absolute Gasteiger partial charge is 0.286 e. The summed E-state index contributed by atoms with van der Waals surface area (Å²) >= 11 is 6.17. The van der Waals surface area contributed by atoms with Crippen LogP contribution in [-0.2, 0) is 10.1 Å². The lowest BCUT2D eigenvalue weighted by atomic mass is 10.1. The first-order chi connectivity index (χ1) is 10.4. The van der Waals surface area contributed by atoms with E-state index in [0.717, 1.165) is 0 Å². The molecule has 0 aliphatic carbocycles. The molecule has 7 heteroatoms. The summed E-state index contributed by atoms with van der Waals surface area (Å²) in [5.74, 6) is 0.871. The van der Waals surface area contributed by atoms with Gasteiger partial charge >= 0.3 is 0 Å². The number of benzene rings is 2. The van der Waals surface area contributed by atoms with Gasteiger partial charge in [0.1, 0.15) is 0 Å². The molecule has 0 spiro atoms. The second-order valence-corrected chi connectivity index (χ2v) is 6.89. The first-order valence-electron chi connectivity index (χ1n) is 6.74. The van der Waals surface area contributed by atoms with Gasteiger partial charge in [-0.25, -0.2) is 0 Å². The van der Waals surface area contributed by atoms with Crippen LogP contribution in [0.4, 0.5) is 11.4 Å². The van der Waals surface area contributed by atoms with Crippen molar-refractivity contribution < 1.29 is 17.7 Å². The lowest BCUT2D eigenvalue weighted by Gasteiger charge is -2.36. The monoisotopic (exact) mass is 339 g/mol. The van der Waals surface area contributed by atoms with Crippen molar-refractivity contribution in [2.45, 2.75) is 18.7 Å². The van der Waals surface area contributed by atoms with E-state index in [-0.39, 0.29) is 6.42 Å². The van der Waals surface area contributed by atoms with E-state index < -0.39 is 15.5 Å². The highest BCUT2D eigenvalue weighted by molar-refractivity contribution is 7.86. The van der Waals surface area contributed by atoms with Gasteiger partial charge in [0.05, 0.1) is 16.4 Å². The summed E-state index contributed by atoms with van der Waals surface area (Å²) in [6.07, 6.45) is 0.207. The molecule has 1 aliphatic rings. The second kappa shape index (κ2) is 5.46. The Balaban J connectivity index is 2.27. The summed E-state index contributed by atoms with van der Waals surface area (Å²) in [7, 11) is -4.29. The van der Waals surface area contributed by atoms with Gasteiger partial charge in [-0.05, 0) is 30.7 Å². The van der Waals surface area contributed by atoms with Crippen molar-refractivity contribution in [2.75, 3.05) is 4.90 Å². The van der Waals surface area contributed by atoms with Crippen LogP contribution in [0.15, 0.2) is 42.5 Å². The van der Waals surface area contributed by atoms with Crippen LogP contribution in [0, 0.1) is 0 Å². The molecular weight excluding hydrogens is 326 g/mol. The highest BCUT2D eigenvalue weighted by Gasteiger charge is 2.36. The van der Waals surface area contributed by atoms with Gasteiger partial charge in [0, 0.05) is 0 Å². The zero-order chi connectivity index (χ0) is 15.9. The fraction of sp³-hybridized carbons (Fsp3) is 0.200. The summed E-state index contributed by atoms with van der Waals surface area (Å²) in [5.41, 5.74) is 1.08. The second-order valence-electron chi connectivity index (χ2n) is 4.91. The van der Waals surface area contributed by atoms with Gasteiger partial charge in [-0.15, -0.1) is 0 Å². The predicted molar refractivity (Wildman–Crippen MR) is 85.7 cm³/mol. The molecule has 1 N–H and O–H groups in total. The molecule has 22 heavy (non-hydrogen) atoms. The molecule has 0 fully saturated rings. The maximum absolute atomic E-state index is 11.8. The molecular formula is C15H14ClNO4S. The Hall–Kier alpha value is -1.76. The normalized spacial score (nSPS) is 14.8. The Morgan fingerprint density at radius 2 is 1.86 bits per heavy atom. The number of hydrogen-bond donors (Lipinski definition) is 1. The van der Waals surface area contributed by atoms with Crippen molar-refractivity contribution in [3.63, 3.8) is 0 Å². The van der Waals surface area contributed by atoms with E-state index in [1.807, 2.05) is 0 Å². The Labute approximate surface area is 133 Å². The minimum atomic E-state index is -4.29. The molecule has 1 aliphatic heterocycles.